The van der Waals surface area contributed by atoms with E-state index in [0.29, 0.717) is 16.1 Å². The fraction of sp³-hybridized carbons (Fsp3) is 0.455. The monoisotopic (exact) mass is 271 g/mol. The number of hydrogen-bond acceptors (Lipinski definition) is 3. The molecular weight excluding hydrogens is 258 g/mol. The molecule has 0 amide bonds. The van der Waals surface area contributed by atoms with Gasteiger partial charge in [0.15, 0.2) is 11.5 Å². The third kappa shape index (κ3) is 2.11. The van der Waals surface area contributed by atoms with Crippen molar-refractivity contribution in [3.63, 3.8) is 0 Å². The second-order valence-corrected chi connectivity index (χ2v) is 4.77. The molecule has 82 valence electrons. The average molecular weight is 272 g/mol. The van der Waals surface area contributed by atoms with Crippen molar-refractivity contribution in [2.24, 2.45) is 11.7 Å². The van der Waals surface area contributed by atoms with Crippen LogP contribution in [0.4, 0.5) is 0 Å². The standard InChI is InChI=1S/C11H14BrNO2/c1-15-9-5-7(4-8(12)11(9)14)10(13)6-2-3-6/h4-6,10,14H,2-3,13H2,1H3/t10-/m0/s1. The van der Waals surface area contributed by atoms with Gasteiger partial charge in [0.05, 0.1) is 11.6 Å². The molecular formula is C11H14BrNO2. The Morgan fingerprint density at radius 1 is 1.53 bits per heavy atom. The van der Waals surface area contributed by atoms with Gasteiger partial charge in [-0.05, 0) is 52.4 Å². The molecule has 3 nitrogen and oxygen atoms in total. The molecule has 1 aliphatic rings. The number of aromatic hydroxyl groups is 1. The van der Waals surface area contributed by atoms with E-state index in [-0.39, 0.29) is 11.8 Å². The molecule has 1 fully saturated rings. The Kier molecular flexibility index (Phi) is 2.89. The molecule has 0 unspecified atom stereocenters. The van der Waals surface area contributed by atoms with Crippen molar-refractivity contribution >= 4 is 15.9 Å². The zero-order valence-corrected chi connectivity index (χ0v) is 10.1. The van der Waals surface area contributed by atoms with Gasteiger partial charge in [-0.1, -0.05) is 0 Å². The first kappa shape index (κ1) is 10.8. The van der Waals surface area contributed by atoms with Gasteiger partial charge in [0, 0.05) is 6.04 Å². The zero-order valence-electron chi connectivity index (χ0n) is 8.53. The number of hydrogen-bond donors (Lipinski definition) is 2. The van der Waals surface area contributed by atoms with Crippen molar-refractivity contribution < 1.29 is 9.84 Å². The SMILES string of the molecule is COc1cc([C@@H](N)C2CC2)cc(Br)c1O. The van der Waals surface area contributed by atoms with Gasteiger partial charge in [0.1, 0.15) is 0 Å². The van der Waals surface area contributed by atoms with Crippen LogP contribution in [0.1, 0.15) is 24.4 Å². The summed E-state index contributed by atoms with van der Waals surface area (Å²) in [7, 11) is 1.54. The number of phenolic OH excluding ortho intramolecular Hbond substituents is 1. The third-order valence-corrected chi connectivity index (χ3v) is 3.39. The fourth-order valence-electron chi connectivity index (χ4n) is 1.67. The largest absolute Gasteiger partial charge is 0.503 e. The van der Waals surface area contributed by atoms with Gasteiger partial charge in [-0.2, -0.15) is 0 Å². The van der Waals surface area contributed by atoms with Gasteiger partial charge in [-0.3, -0.25) is 0 Å². The number of methoxy groups -OCH3 is 1. The molecule has 0 saturated heterocycles. The minimum atomic E-state index is 0.0517. The van der Waals surface area contributed by atoms with Gasteiger partial charge in [-0.15, -0.1) is 0 Å². The Morgan fingerprint density at radius 2 is 2.20 bits per heavy atom. The number of ether oxygens (including phenoxy) is 1. The van der Waals surface area contributed by atoms with Crippen molar-refractivity contribution in [1.82, 2.24) is 0 Å². The van der Waals surface area contributed by atoms with E-state index in [9.17, 15) is 5.11 Å². The number of phenols is 1. The van der Waals surface area contributed by atoms with Crippen molar-refractivity contribution in [3.8, 4) is 11.5 Å². The molecule has 1 saturated carbocycles. The van der Waals surface area contributed by atoms with Gasteiger partial charge in [0.2, 0.25) is 0 Å². The van der Waals surface area contributed by atoms with Crippen LogP contribution in [0.2, 0.25) is 0 Å². The summed E-state index contributed by atoms with van der Waals surface area (Å²) in [6.45, 7) is 0. The van der Waals surface area contributed by atoms with Crippen molar-refractivity contribution in [2.75, 3.05) is 7.11 Å². The molecule has 0 bridgehead atoms. The Morgan fingerprint density at radius 3 is 2.73 bits per heavy atom. The maximum absolute atomic E-state index is 9.65. The molecule has 2 rings (SSSR count). The van der Waals surface area contributed by atoms with E-state index in [1.54, 1.807) is 0 Å². The summed E-state index contributed by atoms with van der Waals surface area (Å²) in [5.41, 5.74) is 7.10. The van der Waals surface area contributed by atoms with E-state index < -0.39 is 0 Å². The highest BCUT2D eigenvalue weighted by Crippen LogP contribution is 2.43. The van der Waals surface area contributed by atoms with Gasteiger partial charge in [0.25, 0.3) is 0 Å². The quantitative estimate of drug-likeness (QED) is 0.889. The van der Waals surface area contributed by atoms with Gasteiger partial charge >= 0.3 is 0 Å². The first-order chi connectivity index (χ1) is 7.13. The summed E-state index contributed by atoms with van der Waals surface area (Å²) in [5, 5.41) is 9.65. The van der Waals surface area contributed by atoms with Gasteiger partial charge in [-0.25, -0.2) is 0 Å². The van der Waals surface area contributed by atoms with Crippen molar-refractivity contribution in [1.29, 1.82) is 0 Å². The predicted molar refractivity (Wildman–Crippen MR) is 62.0 cm³/mol. The zero-order chi connectivity index (χ0) is 11.0. The van der Waals surface area contributed by atoms with Crippen LogP contribution in [0.15, 0.2) is 16.6 Å². The minimum Gasteiger partial charge on any atom is -0.503 e. The lowest BCUT2D eigenvalue weighted by Gasteiger charge is -2.14. The molecule has 1 aliphatic carbocycles. The van der Waals surface area contributed by atoms with E-state index >= 15 is 0 Å². The van der Waals surface area contributed by atoms with Crippen LogP contribution in [0, 0.1) is 5.92 Å². The molecule has 1 aromatic carbocycles. The molecule has 0 aliphatic heterocycles. The highest BCUT2D eigenvalue weighted by molar-refractivity contribution is 9.10. The summed E-state index contributed by atoms with van der Waals surface area (Å²) in [6.07, 6.45) is 2.39. The fourth-order valence-corrected chi connectivity index (χ4v) is 2.13. The Bertz CT molecular complexity index is 377. The molecule has 0 aromatic heterocycles. The van der Waals surface area contributed by atoms with Crippen LogP contribution in [0.3, 0.4) is 0 Å². The number of nitrogens with two attached hydrogens (primary N) is 1. The second kappa shape index (κ2) is 4.02. The highest BCUT2D eigenvalue weighted by atomic mass is 79.9. The third-order valence-electron chi connectivity index (χ3n) is 2.79. The summed E-state index contributed by atoms with van der Waals surface area (Å²) in [4.78, 5) is 0. The Hall–Kier alpha value is -0.740. The Labute approximate surface area is 97.4 Å². The minimum absolute atomic E-state index is 0.0517. The lowest BCUT2D eigenvalue weighted by Crippen LogP contribution is -2.12. The average Bonchev–Trinajstić information content (AvgIpc) is 3.04. The number of rotatable bonds is 3. The van der Waals surface area contributed by atoms with E-state index in [0.717, 1.165) is 5.56 Å². The summed E-state index contributed by atoms with van der Waals surface area (Å²) >= 11 is 3.29. The molecule has 15 heavy (non-hydrogen) atoms. The first-order valence-electron chi connectivity index (χ1n) is 4.95. The lowest BCUT2D eigenvalue weighted by atomic mass is 10.0. The number of benzene rings is 1. The molecule has 1 aromatic rings. The van der Waals surface area contributed by atoms with Crippen LogP contribution in [-0.2, 0) is 0 Å². The van der Waals surface area contributed by atoms with E-state index in [1.165, 1.54) is 20.0 Å². The highest BCUT2D eigenvalue weighted by Gasteiger charge is 2.30. The lowest BCUT2D eigenvalue weighted by molar-refractivity contribution is 0.370. The molecule has 1 atom stereocenters. The Balaban J connectivity index is 2.35. The second-order valence-electron chi connectivity index (χ2n) is 3.92. The van der Waals surface area contributed by atoms with Crippen LogP contribution >= 0.6 is 15.9 Å². The van der Waals surface area contributed by atoms with Crippen LogP contribution in [0.5, 0.6) is 11.5 Å². The van der Waals surface area contributed by atoms with Crippen LogP contribution in [0.25, 0.3) is 0 Å². The molecule has 3 N–H and O–H groups in total. The first-order valence-corrected chi connectivity index (χ1v) is 5.74. The molecule has 0 spiro atoms. The molecule has 0 radical (unpaired) electrons. The summed E-state index contributed by atoms with van der Waals surface area (Å²) < 4.78 is 5.71. The van der Waals surface area contributed by atoms with E-state index in [1.807, 2.05) is 12.1 Å². The van der Waals surface area contributed by atoms with Crippen LogP contribution in [-0.4, -0.2) is 12.2 Å². The van der Waals surface area contributed by atoms with Crippen molar-refractivity contribution in [3.05, 3.63) is 22.2 Å². The van der Waals surface area contributed by atoms with Crippen LogP contribution < -0.4 is 10.5 Å². The van der Waals surface area contributed by atoms with Crippen molar-refractivity contribution in [2.45, 2.75) is 18.9 Å². The number of halogens is 1. The molecule has 4 heteroatoms. The molecule has 0 heterocycles. The predicted octanol–water partition coefficient (Wildman–Crippen LogP) is 2.57. The topological polar surface area (TPSA) is 55.5 Å². The van der Waals surface area contributed by atoms with E-state index in [4.69, 9.17) is 10.5 Å². The maximum Gasteiger partial charge on any atom is 0.172 e. The van der Waals surface area contributed by atoms with Gasteiger partial charge < -0.3 is 15.6 Å². The normalized spacial score (nSPS) is 17.5. The van der Waals surface area contributed by atoms with E-state index in [2.05, 4.69) is 15.9 Å². The summed E-state index contributed by atoms with van der Waals surface area (Å²) in [5.74, 6) is 1.19. The maximum atomic E-state index is 9.65. The smallest absolute Gasteiger partial charge is 0.172 e. The summed E-state index contributed by atoms with van der Waals surface area (Å²) in [6, 6.07) is 3.72.